The van der Waals surface area contributed by atoms with Crippen molar-refractivity contribution in [3.63, 3.8) is 0 Å². The van der Waals surface area contributed by atoms with E-state index in [-0.39, 0.29) is 42.9 Å². The summed E-state index contributed by atoms with van der Waals surface area (Å²) in [5.74, 6) is 0.234. The second-order valence-corrected chi connectivity index (χ2v) is 9.90. The van der Waals surface area contributed by atoms with Crippen molar-refractivity contribution in [1.29, 1.82) is 0 Å². The summed E-state index contributed by atoms with van der Waals surface area (Å²) in [4.78, 5) is 28.0. The molecule has 2 bridgehead atoms. The number of hydrogen-bond donors (Lipinski definition) is 3. The van der Waals surface area contributed by atoms with Crippen LogP contribution >= 0.6 is 0 Å². The van der Waals surface area contributed by atoms with Gasteiger partial charge in [-0.15, -0.1) is 0 Å². The number of hydrogen-bond acceptors (Lipinski definition) is 6. The minimum absolute atomic E-state index is 0.0927. The van der Waals surface area contributed by atoms with Gasteiger partial charge in [0, 0.05) is 19.1 Å². The van der Waals surface area contributed by atoms with Crippen molar-refractivity contribution in [3.8, 4) is 5.75 Å². The van der Waals surface area contributed by atoms with Gasteiger partial charge in [0.05, 0.1) is 50.0 Å². The molecule has 0 aliphatic carbocycles. The van der Waals surface area contributed by atoms with Crippen LogP contribution in [0.1, 0.15) is 46.8 Å². The number of aliphatic hydroxyl groups is 1. The highest BCUT2D eigenvalue weighted by Crippen LogP contribution is 2.30. The van der Waals surface area contributed by atoms with Crippen molar-refractivity contribution in [3.05, 3.63) is 64.7 Å². The van der Waals surface area contributed by atoms with Gasteiger partial charge in [-0.3, -0.25) is 9.59 Å². The lowest BCUT2D eigenvalue weighted by Gasteiger charge is -2.34. The highest BCUT2D eigenvalue weighted by atomic mass is 16.5. The Bertz CT molecular complexity index is 1090. The molecule has 3 unspecified atom stereocenters. The number of carbonyl (C=O) groups excluding carboxylic acids is 2. The van der Waals surface area contributed by atoms with Crippen LogP contribution in [0.4, 0.5) is 0 Å². The van der Waals surface area contributed by atoms with Crippen LogP contribution in [0.3, 0.4) is 0 Å². The predicted molar refractivity (Wildman–Crippen MR) is 135 cm³/mol. The van der Waals surface area contributed by atoms with Crippen LogP contribution < -0.4 is 15.4 Å². The number of ether oxygens (including phenoxy) is 2. The molecule has 2 aromatic carbocycles. The van der Waals surface area contributed by atoms with Gasteiger partial charge in [0.25, 0.3) is 5.91 Å². The number of nitrogens with one attached hydrogen (secondary N) is 2. The van der Waals surface area contributed by atoms with Crippen LogP contribution in [-0.4, -0.2) is 72.4 Å². The molecule has 3 aliphatic rings. The molecule has 0 spiro atoms. The number of benzene rings is 2. The molecule has 4 atom stereocenters. The maximum absolute atomic E-state index is 13.0. The zero-order valence-corrected chi connectivity index (χ0v) is 20.7. The van der Waals surface area contributed by atoms with Crippen LogP contribution in [0.2, 0.25) is 0 Å². The topological polar surface area (TPSA) is 100 Å². The van der Waals surface area contributed by atoms with Crippen molar-refractivity contribution in [1.82, 2.24) is 15.5 Å². The van der Waals surface area contributed by atoms with Crippen LogP contribution in [0.25, 0.3) is 0 Å². The zero-order chi connectivity index (χ0) is 25.1. The minimum Gasteiger partial charge on any atom is -0.493 e. The lowest BCUT2D eigenvalue weighted by atomic mass is 9.93. The first-order chi connectivity index (χ1) is 17.5. The molecular weight excluding hydrogens is 458 g/mol. The van der Waals surface area contributed by atoms with E-state index in [9.17, 15) is 14.7 Å². The summed E-state index contributed by atoms with van der Waals surface area (Å²) >= 11 is 0. The van der Waals surface area contributed by atoms with Crippen molar-refractivity contribution < 1.29 is 24.2 Å². The third kappa shape index (κ3) is 5.26. The van der Waals surface area contributed by atoms with Crippen LogP contribution in [0.5, 0.6) is 5.75 Å². The van der Waals surface area contributed by atoms with E-state index in [1.54, 1.807) is 12.1 Å². The van der Waals surface area contributed by atoms with Crippen molar-refractivity contribution in [2.75, 3.05) is 26.4 Å². The van der Waals surface area contributed by atoms with Gasteiger partial charge < -0.3 is 30.1 Å². The van der Waals surface area contributed by atoms with Crippen molar-refractivity contribution >= 4 is 11.8 Å². The molecule has 36 heavy (non-hydrogen) atoms. The van der Waals surface area contributed by atoms with Gasteiger partial charge in [0.2, 0.25) is 5.91 Å². The summed E-state index contributed by atoms with van der Waals surface area (Å²) in [7, 11) is 0. The van der Waals surface area contributed by atoms with E-state index in [1.807, 2.05) is 30.0 Å². The van der Waals surface area contributed by atoms with Gasteiger partial charge in [0.1, 0.15) is 5.75 Å². The summed E-state index contributed by atoms with van der Waals surface area (Å²) in [5.41, 5.74) is 3.68. The molecule has 3 aliphatic heterocycles. The Morgan fingerprint density at radius 1 is 1.17 bits per heavy atom. The standard InChI is InChI=1S/C28H35N3O5/c1-2-36-26-11-18(12-27(33)31-21-8-9-22(31)17-35-16-21)7-10-23(26)28(34)30-15-25(32)24-13-19-5-3-4-6-20(19)14-29-24/h3-7,10-11,21-22,24-25,29,32H,2,8-9,12-17H2,1H3,(H,30,34)/t21?,22?,24?,25-/m1/s1. The smallest absolute Gasteiger partial charge is 0.255 e. The van der Waals surface area contributed by atoms with Gasteiger partial charge in [-0.2, -0.15) is 0 Å². The SMILES string of the molecule is CCOc1cc(CC(=O)N2C3CCC2COC3)ccc1C(=O)NC[C@@H](O)C1Cc2ccccc2CN1. The fraction of sp³-hybridized carbons (Fsp3) is 0.500. The van der Waals surface area contributed by atoms with Crippen LogP contribution in [0.15, 0.2) is 42.5 Å². The summed E-state index contributed by atoms with van der Waals surface area (Å²) in [6.07, 6.45) is 2.25. The Labute approximate surface area is 212 Å². The number of rotatable bonds is 8. The second kappa shape index (κ2) is 11.0. The average Bonchev–Trinajstić information content (AvgIpc) is 3.15. The Balaban J connectivity index is 1.20. The van der Waals surface area contributed by atoms with E-state index in [4.69, 9.17) is 9.47 Å². The number of amides is 2. The maximum atomic E-state index is 13.0. The van der Waals surface area contributed by atoms with Crippen molar-refractivity contribution in [2.45, 2.75) is 63.4 Å². The van der Waals surface area contributed by atoms with Gasteiger partial charge in [-0.25, -0.2) is 0 Å². The minimum atomic E-state index is -0.723. The van der Waals surface area contributed by atoms with E-state index in [0.29, 0.717) is 44.1 Å². The zero-order valence-electron chi connectivity index (χ0n) is 20.7. The molecule has 8 nitrogen and oxygen atoms in total. The molecule has 2 saturated heterocycles. The number of fused-ring (bicyclic) bond motifs is 3. The predicted octanol–water partition coefficient (Wildman–Crippen LogP) is 1.82. The summed E-state index contributed by atoms with van der Waals surface area (Å²) in [6, 6.07) is 13.7. The summed E-state index contributed by atoms with van der Waals surface area (Å²) in [6.45, 7) is 4.32. The highest BCUT2D eigenvalue weighted by molar-refractivity contribution is 5.97. The number of aliphatic hydroxyl groups excluding tert-OH is 1. The number of carbonyl (C=O) groups is 2. The lowest BCUT2D eigenvalue weighted by Crippen LogP contribution is -2.49. The third-order valence-electron chi connectivity index (χ3n) is 7.52. The van der Waals surface area contributed by atoms with Crippen molar-refractivity contribution in [2.24, 2.45) is 0 Å². The Morgan fingerprint density at radius 3 is 2.67 bits per heavy atom. The Hall–Kier alpha value is -2.94. The molecule has 2 aromatic rings. The molecule has 3 N–H and O–H groups in total. The first-order valence-corrected chi connectivity index (χ1v) is 12.9. The summed E-state index contributed by atoms with van der Waals surface area (Å²) < 4.78 is 11.4. The van der Waals surface area contributed by atoms with E-state index < -0.39 is 6.10 Å². The first-order valence-electron chi connectivity index (χ1n) is 12.9. The van der Waals surface area contributed by atoms with Gasteiger partial charge >= 0.3 is 0 Å². The molecule has 2 fully saturated rings. The third-order valence-corrected chi connectivity index (χ3v) is 7.52. The Kier molecular flexibility index (Phi) is 7.55. The van der Waals surface area contributed by atoms with E-state index in [1.165, 1.54) is 11.1 Å². The molecule has 8 heteroatoms. The highest BCUT2D eigenvalue weighted by Gasteiger charge is 2.40. The molecule has 0 aromatic heterocycles. The molecule has 0 saturated carbocycles. The second-order valence-electron chi connectivity index (χ2n) is 9.90. The van der Waals surface area contributed by atoms with E-state index >= 15 is 0 Å². The fourth-order valence-corrected chi connectivity index (χ4v) is 5.63. The number of nitrogens with zero attached hydrogens (tertiary/aromatic N) is 1. The van der Waals surface area contributed by atoms with Gasteiger partial charge in [0.15, 0.2) is 0 Å². The van der Waals surface area contributed by atoms with E-state index in [0.717, 1.165) is 18.4 Å². The molecule has 5 rings (SSSR count). The van der Waals surface area contributed by atoms with E-state index in [2.05, 4.69) is 22.8 Å². The Morgan fingerprint density at radius 2 is 1.92 bits per heavy atom. The molecule has 0 radical (unpaired) electrons. The van der Waals surface area contributed by atoms with Crippen LogP contribution in [-0.2, 0) is 28.9 Å². The maximum Gasteiger partial charge on any atom is 0.255 e. The lowest BCUT2D eigenvalue weighted by molar-refractivity contribution is -0.140. The first kappa shape index (κ1) is 24.7. The van der Waals surface area contributed by atoms with Gasteiger partial charge in [-0.1, -0.05) is 30.3 Å². The number of morpholine rings is 1. The van der Waals surface area contributed by atoms with Crippen LogP contribution in [0, 0.1) is 0 Å². The normalized spacial score (nSPS) is 23.6. The largest absolute Gasteiger partial charge is 0.493 e. The fourth-order valence-electron chi connectivity index (χ4n) is 5.63. The molecule has 3 heterocycles. The average molecular weight is 494 g/mol. The summed E-state index contributed by atoms with van der Waals surface area (Å²) in [5, 5.41) is 16.9. The molecule has 192 valence electrons. The monoisotopic (exact) mass is 493 g/mol. The molecular formula is C28H35N3O5. The quantitative estimate of drug-likeness (QED) is 0.519. The molecule has 2 amide bonds. The van der Waals surface area contributed by atoms with Gasteiger partial charge in [-0.05, 0) is 55.0 Å².